The molecule has 0 radical (unpaired) electrons. The van der Waals surface area contributed by atoms with E-state index in [1.54, 1.807) is 18.4 Å². The molecule has 3 heterocycles. The number of rotatable bonds is 6. The molecule has 2 aromatic rings. The number of ether oxygens (including phenoxy) is 1. The number of nitrogens with one attached hydrogen (secondary N) is 1. The largest absolute Gasteiger partial charge is 0.461 e. The number of amides is 2. The van der Waals surface area contributed by atoms with E-state index >= 15 is 0 Å². The average molecular weight is 348 g/mol. The van der Waals surface area contributed by atoms with E-state index in [9.17, 15) is 4.79 Å². The van der Waals surface area contributed by atoms with Crippen LogP contribution in [-0.4, -0.2) is 24.6 Å². The smallest absolute Gasteiger partial charge is 0.318 e. The van der Waals surface area contributed by atoms with E-state index in [0.717, 1.165) is 37.3 Å². The van der Waals surface area contributed by atoms with Crippen molar-refractivity contribution >= 4 is 17.4 Å². The highest BCUT2D eigenvalue weighted by atomic mass is 32.1. The van der Waals surface area contributed by atoms with Gasteiger partial charge in [0, 0.05) is 18.5 Å². The summed E-state index contributed by atoms with van der Waals surface area (Å²) in [7, 11) is 1.65. The maximum Gasteiger partial charge on any atom is 0.318 e. The number of nitrogens with zero attached hydrogens (tertiary/aromatic N) is 1. The molecule has 0 bridgehead atoms. The van der Waals surface area contributed by atoms with Gasteiger partial charge in [-0.2, -0.15) is 0 Å². The molecular weight excluding hydrogens is 324 g/mol. The van der Waals surface area contributed by atoms with Crippen molar-refractivity contribution < 1.29 is 13.9 Å². The fourth-order valence-electron chi connectivity index (χ4n) is 3.19. The van der Waals surface area contributed by atoms with Gasteiger partial charge in [-0.25, -0.2) is 4.79 Å². The minimum absolute atomic E-state index is 0.0106. The first kappa shape index (κ1) is 17.0. The summed E-state index contributed by atoms with van der Waals surface area (Å²) in [4.78, 5) is 15.9. The fraction of sp³-hybridized carbons (Fsp3) is 0.500. The van der Waals surface area contributed by atoms with Gasteiger partial charge in [-0.1, -0.05) is 13.0 Å². The Kier molecular flexibility index (Phi) is 5.58. The maximum atomic E-state index is 12.8. The zero-order valence-electron chi connectivity index (χ0n) is 14.2. The molecular formula is C18H24N2O3S. The number of furan rings is 1. The van der Waals surface area contributed by atoms with Gasteiger partial charge in [0.2, 0.25) is 0 Å². The molecule has 0 aromatic carbocycles. The molecule has 1 aliphatic rings. The molecule has 1 fully saturated rings. The van der Waals surface area contributed by atoms with Crippen LogP contribution in [0.1, 0.15) is 54.7 Å². The number of carbonyl (C=O) groups excluding carboxylic acids is 1. The molecule has 130 valence electrons. The quantitative estimate of drug-likeness (QED) is 0.837. The molecule has 5 nitrogen and oxygen atoms in total. The van der Waals surface area contributed by atoms with Gasteiger partial charge < -0.3 is 19.4 Å². The summed E-state index contributed by atoms with van der Waals surface area (Å²) in [5.41, 5.74) is 0. The predicted molar refractivity (Wildman–Crippen MR) is 94.0 cm³/mol. The Morgan fingerprint density at radius 3 is 3.08 bits per heavy atom. The van der Waals surface area contributed by atoms with E-state index in [4.69, 9.17) is 9.15 Å². The van der Waals surface area contributed by atoms with Gasteiger partial charge in [0.05, 0.1) is 12.1 Å². The third kappa shape index (κ3) is 3.65. The zero-order valence-corrected chi connectivity index (χ0v) is 15.0. The highest BCUT2D eigenvalue weighted by Gasteiger charge is 2.33. The molecule has 6 heteroatoms. The van der Waals surface area contributed by atoms with Crippen LogP contribution in [0.3, 0.4) is 0 Å². The normalized spacial score (nSPS) is 18.8. The molecule has 1 N–H and O–H groups in total. The molecule has 0 saturated carbocycles. The number of carbonyl (C=O) groups is 1. The van der Waals surface area contributed by atoms with Crippen LogP contribution in [0.25, 0.3) is 0 Å². The molecule has 3 rings (SSSR count). The van der Waals surface area contributed by atoms with Crippen LogP contribution in [0, 0.1) is 0 Å². The van der Waals surface area contributed by atoms with Crippen LogP contribution in [0.15, 0.2) is 34.1 Å². The molecule has 0 spiro atoms. The first-order chi connectivity index (χ1) is 11.7. The second-order valence-corrected chi connectivity index (χ2v) is 6.99. The van der Waals surface area contributed by atoms with Gasteiger partial charge in [-0.3, -0.25) is 0 Å². The van der Waals surface area contributed by atoms with Gasteiger partial charge in [-0.15, -0.1) is 11.3 Å². The Bertz CT molecular complexity index is 653. The number of urea groups is 1. The third-order valence-electron chi connectivity index (χ3n) is 4.40. The van der Waals surface area contributed by atoms with Gasteiger partial charge in [0.15, 0.2) is 0 Å². The minimum atomic E-state index is -0.0116. The lowest BCUT2D eigenvalue weighted by molar-refractivity contribution is 0.155. The standard InChI is InChI=1S/C18H24N2O3S/c1-3-14(17-7-5-11-24-17)19-18(21)20-10-4-6-15(20)16-9-8-13(23-16)12-22-2/h5,7-9,11,14-15H,3-4,6,10,12H2,1-2H3,(H,19,21)/t14-,15+/m0/s1. The molecule has 0 unspecified atom stereocenters. The van der Waals surface area contributed by atoms with Crippen molar-refractivity contribution in [2.24, 2.45) is 0 Å². The van der Waals surface area contributed by atoms with Crippen LogP contribution in [0.5, 0.6) is 0 Å². The lowest BCUT2D eigenvalue weighted by Gasteiger charge is -2.26. The van der Waals surface area contributed by atoms with Crippen LogP contribution in [0.2, 0.25) is 0 Å². The van der Waals surface area contributed by atoms with Crippen LogP contribution >= 0.6 is 11.3 Å². The van der Waals surface area contributed by atoms with E-state index in [0.29, 0.717) is 6.61 Å². The highest BCUT2D eigenvalue weighted by Crippen LogP contribution is 2.33. The minimum Gasteiger partial charge on any atom is -0.461 e. The van der Waals surface area contributed by atoms with Crippen LogP contribution < -0.4 is 5.32 Å². The van der Waals surface area contributed by atoms with E-state index < -0.39 is 0 Å². The van der Waals surface area contributed by atoms with E-state index in [1.807, 2.05) is 28.5 Å². The maximum absolute atomic E-state index is 12.8. The summed E-state index contributed by atoms with van der Waals surface area (Å²) in [6.45, 7) is 3.31. The van der Waals surface area contributed by atoms with Gasteiger partial charge in [0.1, 0.15) is 18.1 Å². The Morgan fingerprint density at radius 2 is 2.38 bits per heavy atom. The predicted octanol–water partition coefficient (Wildman–Crippen LogP) is 4.49. The topological polar surface area (TPSA) is 54.7 Å². The number of likely N-dealkylation sites (tertiary alicyclic amines) is 1. The van der Waals surface area contributed by atoms with Crippen LogP contribution in [0.4, 0.5) is 4.79 Å². The molecule has 1 aliphatic heterocycles. The summed E-state index contributed by atoms with van der Waals surface area (Å²) in [6.07, 6.45) is 2.81. The van der Waals surface area contributed by atoms with Crippen molar-refractivity contribution in [3.63, 3.8) is 0 Å². The number of hydrogen-bond donors (Lipinski definition) is 1. The second kappa shape index (κ2) is 7.85. The summed E-state index contributed by atoms with van der Waals surface area (Å²) in [5, 5.41) is 5.22. The Labute approximate surface area is 146 Å². The highest BCUT2D eigenvalue weighted by molar-refractivity contribution is 7.10. The molecule has 24 heavy (non-hydrogen) atoms. The summed E-state index contributed by atoms with van der Waals surface area (Å²) in [6, 6.07) is 8.05. The van der Waals surface area contributed by atoms with E-state index in [1.165, 1.54) is 4.88 Å². The van der Waals surface area contributed by atoms with Crippen LogP contribution in [-0.2, 0) is 11.3 Å². The van der Waals surface area contributed by atoms with Gasteiger partial charge in [0.25, 0.3) is 0 Å². The van der Waals surface area contributed by atoms with Gasteiger partial charge in [-0.05, 0) is 42.8 Å². The zero-order chi connectivity index (χ0) is 16.9. The number of hydrogen-bond acceptors (Lipinski definition) is 4. The lowest BCUT2D eigenvalue weighted by Crippen LogP contribution is -2.40. The Balaban J connectivity index is 1.68. The summed E-state index contributed by atoms with van der Waals surface area (Å²) in [5.74, 6) is 1.64. The summed E-state index contributed by atoms with van der Waals surface area (Å²) < 4.78 is 10.9. The first-order valence-corrected chi connectivity index (χ1v) is 9.29. The lowest BCUT2D eigenvalue weighted by atomic mass is 10.1. The van der Waals surface area contributed by atoms with Crippen molar-refractivity contribution in [1.82, 2.24) is 10.2 Å². The first-order valence-electron chi connectivity index (χ1n) is 8.41. The van der Waals surface area contributed by atoms with Crippen molar-refractivity contribution in [3.05, 3.63) is 46.0 Å². The fourth-order valence-corrected chi connectivity index (χ4v) is 4.06. The summed E-state index contributed by atoms with van der Waals surface area (Å²) >= 11 is 1.68. The Morgan fingerprint density at radius 1 is 1.50 bits per heavy atom. The monoisotopic (exact) mass is 348 g/mol. The molecule has 0 aliphatic carbocycles. The SMILES string of the molecule is CC[C@H](NC(=O)N1CCC[C@@H]1c1ccc(COC)o1)c1cccs1. The third-order valence-corrected chi connectivity index (χ3v) is 5.39. The Hall–Kier alpha value is -1.79. The van der Waals surface area contributed by atoms with Gasteiger partial charge >= 0.3 is 6.03 Å². The van der Waals surface area contributed by atoms with Crippen molar-refractivity contribution in [1.29, 1.82) is 0 Å². The second-order valence-electron chi connectivity index (χ2n) is 6.01. The number of methoxy groups -OCH3 is 1. The molecule has 2 atom stereocenters. The molecule has 2 amide bonds. The molecule has 1 saturated heterocycles. The van der Waals surface area contributed by atoms with Crippen molar-refractivity contribution in [2.45, 2.75) is 44.9 Å². The average Bonchev–Trinajstić information content (AvgIpc) is 3.31. The van der Waals surface area contributed by atoms with E-state index in [2.05, 4.69) is 18.3 Å². The molecule has 2 aromatic heterocycles. The van der Waals surface area contributed by atoms with Crippen molar-refractivity contribution in [2.75, 3.05) is 13.7 Å². The van der Waals surface area contributed by atoms with E-state index in [-0.39, 0.29) is 18.1 Å². The number of thiophene rings is 1. The van der Waals surface area contributed by atoms with Crippen molar-refractivity contribution in [3.8, 4) is 0 Å².